The van der Waals surface area contributed by atoms with E-state index >= 15 is 0 Å². The van der Waals surface area contributed by atoms with Gasteiger partial charge in [-0.1, -0.05) is 24.3 Å². The molecule has 0 aliphatic carbocycles. The number of fused-ring (bicyclic) bond motifs is 1. The van der Waals surface area contributed by atoms with E-state index in [4.69, 9.17) is 24.7 Å². The van der Waals surface area contributed by atoms with Crippen molar-refractivity contribution in [2.24, 2.45) is 0 Å². The summed E-state index contributed by atoms with van der Waals surface area (Å²) in [6.45, 7) is 4.86. The number of morpholine rings is 1. The van der Waals surface area contributed by atoms with Crippen molar-refractivity contribution in [3.8, 4) is 23.0 Å². The average molecular weight is 487 g/mol. The maximum absolute atomic E-state index is 6.21. The van der Waals surface area contributed by atoms with Crippen LogP contribution in [0.4, 0.5) is 17.2 Å². The Balaban J connectivity index is 1.29. The highest BCUT2D eigenvalue weighted by atomic mass is 16.5. The van der Waals surface area contributed by atoms with Gasteiger partial charge in [-0.2, -0.15) is 0 Å². The van der Waals surface area contributed by atoms with Crippen molar-refractivity contribution in [1.29, 1.82) is 0 Å². The van der Waals surface area contributed by atoms with Gasteiger partial charge in [-0.25, -0.2) is 4.98 Å². The quantitative estimate of drug-likeness (QED) is 0.317. The van der Waals surface area contributed by atoms with Gasteiger partial charge in [0.15, 0.2) is 0 Å². The first kappa shape index (κ1) is 23.7. The molecule has 4 aromatic rings. The van der Waals surface area contributed by atoms with Gasteiger partial charge in [0, 0.05) is 72.2 Å². The largest absolute Gasteiger partial charge is 0.497 e. The molecule has 36 heavy (non-hydrogen) atoms. The van der Waals surface area contributed by atoms with Gasteiger partial charge in [-0.05, 0) is 18.2 Å². The molecule has 186 valence electrons. The molecule has 0 bridgehead atoms. The number of nitrogen functional groups attached to an aromatic ring is 1. The molecule has 8 nitrogen and oxygen atoms in total. The first-order valence-corrected chi connectivity index (χ1v) is 12.0. The Bertz CT molecular complexity index is 1320. The molecular formula is C28H30N4O4. The highest BCUT2D eigenvalue weighted by molar-refractivity contribution is 5.97. The van der Waals surface area contributed by atoms with Crippen LogP contribution in [0.5, 0.6) is 23.0 Å². The van der Waals surface area contributed by atoms with Gasteiger partial charge >= 0.3 is 0 Å². The lowest BCUT2D eigenvalue weighted by atomic mass is 10.1. The van der Waals surface area contributed by atoms with Gasteiger partial charge < -0.3 is 30.0 Å². The Morgan fingerprint density at radius 2 is 1.75 bits per heavy atom. The first-order valence-electron chi connectivity index (χ1n) is 12.0. The second-order valence-electron chi connectivity index (χ2n) is 8.50. The molecule has 0 spiro atoms. The molecule has 1 fully saturated rings. The van der Waals surface area contributed by atoms with Crippen molar-refractivity contribution in [3.63, 3.8) is 0 Å². The third-order valence-electron chi connectivity index (χ3n) is 6.05. The zero-order chi connectivity index (χ0) is 24.7. The van der Waals surface area contributed by atoms with Crippen LogP contribution in [0.2, 0.25) is 0 Å². The van der Waals surface area contributed by atoms with E-state index in [2.05, 4.69) is 15.2 Å². The van der Waals surface area contributed by atoms with Crippen molar-refractivity contribution < 1.29 is 18.9 Å². The highest BCUT2D eigenvalue weighted by Gasteiger charge is 2.11. The number of anilines is 3. The van der Waals surface area contributed by atoms with E-state index in [0.717, 1.165) is 66.5 Å². The summed E-state index contributed by atoms with van der Waals surface area (Å²) in [6, 6.07) is 21.0. The van der Waals surface area contributed by atoms with E-state index in [0.29, 0.717) is 23.9 Å². The van der Waals surface area contributed by atoms with E-state index < -0.39 is 0 Å². The zero-order valence-electron chi connectivity index (χ0n) is 20.3. The van der Waals surface area contributed by atoms with Crippen LogP contribution in [-0.2, 0) is 4.74 Å². The average Bonchev–Trinajstić information content (AvgIpc) is 2.91. The summed E-state index contributed by atoms with van der Waals surface area (Å²) in [7, 11) is 1.64. The number of benzene rings is 3. The van der Waals surface area contributed by atoms with Crippen molar-refractivity contribution in [2.45, 2.75) is 0 Å². The van der Waals surface area contributed by atoms with Gasteiger partial charge in [0.1, 0.15) is 35.4 Å². The van der Waals surface area contributed by atoms with E-state index in [-0.39, 0.29) is 0 Å². The monoisotopic (exact) mass is 486 g/mol. The topological polar surface area (TPSA) is 91.1 Å². The van der Waals surface area contributed by atoms with Crippen LogP contribution in [0.25, 0.3) is 10.8 Å². The lowest BCUT2D eigenvalue weighted by Gasteiger charge is -2.26. The number of ether oxygens (including phenoxy) is 4. The third-order valence-corrected chi connectivity index (χ3v) is 6.05. The van der Waals surface area contributed by atoms with Gasteiger partial charge in [-0.15, -0.1) is 0 Å². The number of aromatic nitrogens is 1. The van der Waals surface area contributed by atoms with E-state index in [9.17, 15) is 0 Å². The molecule has 0 radical (unpaired) electrons. The molecule has 0 unspecified atom stereocenters. The van der Waals surface area contributed by atoms with E-state index in [1.54, 1.807) is 13.3 Å². The van der Waals surface area contributed by atoms with Crippen molar-refractivity contribution in [3.05, 3.63) is 72.9 Å². The van der Waals surface area contributed by atoms with Crippen LogP contribution >= 0.6 is 0 Å². The lowest BCUT2D eigenvalue weighted by molar-refractivity contribution is 0.0322. The fraction of sp³-hybridized carbons (Fsp3) is 0.250. The number of hydrogen-bond acceptors (Lipinski definition) is 8. The highest BCUT2D eigenvalue weighted by Crippen LogP contribution is 2.34. The number of nitrogens with zero attached hydrogens (tertiary/aromatic N) is 2. The summed E-state index contributed by atoms with van der Waals surface area (Å²) in [6.07, 6.45) is 1.71. The van der Waals surface area contributed by atoms with Crippen LogP contribution in [0.1, 0.15) is 0 Å². The molecular weight excluding hydrogens is 456 g/mol. The Morgan fingerprint density at radius 1 is 0.944 bits per heavy atom. The van der Waals surface area contributed by atoms with Crippen LogP contribution < -0.4 is 25.3 Å². The van der Waals surface area contributed by atoms with E-state index in [1.165, 1.54) is 0 Å². The summed E-state index contributed by atoms with van der Waals surface area (Å²) in [5.74, 6) is 3.45. The predicted octanol–water partition coefficient (Wildman–Crippen LogP) is 5.07. The fourth-order valence-electron chi connectivity index (χ4n) is 4.16. The summed E-state index contributed by atoms with van der Waals surface area (Å²) < 4.78 is 23.1. The number of methoxy groups -OCH3 is 1. The Hall–Kier alpha value is -4.01. The Labute approximate surface area is 210 Å². The van der Waals surface area contributed by atoms with E-state index in [1.807, 2.05) is 66.7 Å². The molecule has 3 aromatic carbocycles. The summed E-state index contributed by atoms with van der Waals surface area (Å²) in [5.41, 5.74) is 7.65. The second kappa shape index (κ2) is 11.2. The maximum atomic E-state index is 6.21. The SMILES string of the molecule is COc1cc(Nc2cc(Oc3ccc(N)c4ccccc34)ccn2)cc(OCCN2CCOCC2)c1. The first-order chi connectivity index (χ1) is 17.7. The van der Waals surface area contributed by atoms with Gasteiger partial charge in [0.25, 0.3) is 0 Å². The molecule has 1 aliphatic heterocycles. The molecule has 1 aliphatic rings. The summed E-state index contributed by atoms with van der Waals surface area (Å²) >= 11 is 0. The number of pyridine rings is 1. The molecule has 2 heterocycles. The standard InChI is InChI=1S/C28H30N4O4/c1-33-22-16-20(17-23(18-22)35-15-12-32-10-13-34-14-11-32)31-28-19-21(8-9-30-28)36-27-7-6-26(29)24-4-2-3-5-25(24)27/h2-9,16-19H,10-15,29H2,1H3,(H,30,31). The molecule has 1 saturated heterocycles. The third kappa shape index (κ3) is 5.79. The summed E-state index contributed by atoms with van der Waals surface area (Å²) in [4.78, 5) is 6.79. The number of nitrogens with one attached hydrogen (secondary N) is 1. The second-order valence-corrected chi connectivity index (χ2v) is 8.50. The number of rotatable bonds is 9. The zero-order valence-corrected chi connectivity index (χ0v) is 20.3. The molecule has 0 atom stereocenters. The van der Waals surface area contributed by atoms with Gasteiger partial charge in [0.05, 0.1) is 20.3 Å². The van der Waals surface area contributed by atoms with Crippen LogP contribution in [0, 0.1) is 0 Å². The van der Waals surface area contributed by atoms with Crippen LogP contribution in [0.3, 0.4) is 0 Å². The Kier molecular flexibility index (Phi) is 7.35. The Morgan fingerprint density at radius 3 is 2.58 bits per heavy atom. The molecule has 8 heteroatoms. The smallest absolute Gasteiger partial charge is 0.135 e. The van der Waals surface area contributed by atoms with Gasteiger partial charge in [0.2, 0.25) is 0 Å². The normalized spacial score (nSPS) is 13.9. The molecule has 1 aromatic heterocycles. The minimum atomic E-state index is 0.587. The van der Waals surface area contributed by atoms with Crippen molar-refractivity contribution in [2.75, 3.05) is 57.6 Å². The fourth-order valence-corrected chi connectivity index (χ4v) is 4.16. The maximum Gasteiger partial charge on any atom is 0.135 e. The lowest BCUT2D eigenvalue weighted by Crippen LogP contribution is -2.38. The number of hydrogen-bond donors (Lipinski definition) is 2. The molecule has 3 N–H and O–H groups in total. The molecule has 0 saturated carbocycles. The minimum Gasteiger partial charge on any atom is -0.497 e. The minimum absolute atomic E-state index is 0.587. The predicted molar refractivity (Wildman–Crippen MR) is 142 cm³/mol. The molecule has 0 amide bonds. The van der Waals surface area contributed by atoms with Crippen molar-refractivity contribution >= 4 is 28.0 Å². The van der Waals surface area contributed by atoms with Crippen LogP contribution in [0.15, 0.2) is 72.9 Å². The van der Waals surface area contributed by atoms with Crippen molar-refractivity contribution in [1.82, 2.24) is 9.88 Å². The van der Waals surface area contributed by atoms with Crippen LogP contribution in [-0.4, -0.2) is 56.4 Å². The van der Waals surface area contributed by atoms with Gasteiger partial charge in [-0.3, -0.25) is 4.90 Å². The number of nitrogens with two attached hydrogens (primary N) is 1. The summed E-state index contributed by atoms with van der Waals surface area (Å²) in [5, 5.41) is 5.25. The molecule has 5 rings (SSSR count).